The number of carbonyl (C=O) groups is 3. The van der Waals surface area contributed by atoms with Crippen LogP contribution in [0.2, 0.25) is 0 Å². The summed E-state index contributed by atoms with van der Waals surface area (Å²) in [5.74, 6) is -0.497. The van der Waals surface area contributed by atoms with Crippen molar-refractivity contribution in [1.82, 2.24) is 20.2 Å². The van der Waals surface area contributed by atoms with Gasteiger partial charge in [-0.05, 0) is 31.9 Å². The molecule has 2 aromatic heterocycles. The molecule has 5 atom stereocenters. The fourth-order valence-electron chi connectivity index (χ4n) is 5.46. The average Bonchev–Trinajstić information content (AvgIpc) is 3.53. The zero-order valence-corrected chi connectivity index (χ0v) is 20.5. The van der Waals surface area contributed by atoms with Crippen molar-refractivity contribution >= 4 is 40.4 Å². The van der Waals surface area contributed by atoms with Gasteiger partial charge in [0.15, 0.2) is 11.6 Å². The van der Waals surface area contributed by atoms with Crippen LogP contribution < -0.4 is 5.32 Å². The highest BCUT2D eigenvalue weighted by Crippen LogP contribution is 2.38. The van der Waals surface area contributed by atoms with E-state index < -0.39 is 0 Å². The van der Waals surface area contributed by atoms with Gasteiger partial charge in [0.2, 0.25) is 0 Å². The molecule has 0 aromatic carbocycles. The van der Waals surface area contributed by atoms with Gasteiger partial charge in [0.25, 0.3) is 5.91 Å². The van der Waals surface area contributed by atoms with E-state index in [-0.39, 0.29) is 60.1 Å². The molecule has 180 valence electrons. The molecule has 3 aliphatic rings. The summed E-state index contributed by atoms with van der Waals surface area (Å²) in [5, 5.41) is 3.27. The Bertz CT molecular complexity index is 1090. The van der Waals surface area contributed by atoms with Gasteiger partial charge in [0, 0.05) is 36.5 Å². The number of thiazole rings is 1. The Labute approximate surface area is 207 Å². The van der Waals surface area contributed by atoms with E-state index >= 15 is 0 Å². The molecule has 1 saturated carbocycles. The maximum atomic E-state index is 13.3. The lowest BCUT2D eigenvalue weighted by molar-refractivity contribution is -0.128. The minimum Gasteiger partial charge on any atom is -0.367 e. The Balaban J connectivity index is 1.25. The van der Waals surface area contributed by atoms with Gasteiger partial charge in [-0.3, -0.25) is 24.3 Å². The largest absolute Gasteiger partial charge is 0.367 e. The van der Waals surface area contributed by atoms with E-state index in [9.17, 15) is 14.4 Å². The number of alkyl halides is 1. The standard InChI is InChI=1S/C24H27ClN4O4S/c1-13-22(34-24(28-13)14-5-4-8-26-9-14)23(32)27-10-18(30)15-6-2-3-7-17(15)29-11-16(25)21-20(29)19(31)12-33-21/h4-5,8-9,15-17,20-21H,2-3,6-7,10-12H2,1H3,(H,27,32)/t15-,16-,17?,20+,21+/m0/s1. The molecular formula is C24H27ClN4O4S. The minimum absolute atomic E-state index is 0.00589. The van der Waals surface area contributed by atoms with Gasteiger partial charge in [-0.15, -0.1) is 22.9 Å². The molecule has 5 rings (SSSR count). The third-order valence-corrected chi connectivity index (χ3v) is 8.65. The van der Waals surface area contributed by atoms with Crippen LogP contribution in [-0.2, 0) is 14.3 Å². The van der Waals surface area contributed by atoms with Gasteiger partial charge in [0.1, 0.15) is 16.5 Å². The maximum absolute atomic E-state index is 13.3. The highest BCUT2D eigenvalue weighted by molar-refractivity contribution is 7.17. The van der Waals surface area contributed by atoms with Crippen LogP contribution in [0.1, 0.15) is 41.0 Å². The number of rotatable bonds is 6. The van der Waals surface area contributed by atoms with Crippen molar-refractivity contribution in [3.8, 4) is 10.6 Å². The number of nitrogens with one attached hydrogen (secondary N) is 1. The number of amides is 1. The predicted octanol–water partition coefficient (Wildman–Crippen LogP) is 2.63. The summed E-state index contributed by atoms with van der Waals surface area (Å²) in [4.78, 5) is 49.8. The Morgan fingerprint density at radius 3 is 2.94 bits per heavy atom. The quantitative estimate of drug-likeness (QED) is 0.606. The number of hydrogen-bond donors (Lipinski definition) is 1. The second-order valence-electron chi connectivity index (χ2n) is 9.18. The highest BCUT2D eigenvalue weighted by atomic mass is 35.5. The smallest absolute Gasteiger partial charge is 0.263 e. The van der Waals surface area contributed by atoms with Crippen LogP contribution in [0.3, 0.4) is 0 Å². The number of ketones is 2. The first-order chi connectivity index (χ1) is 16.4. The van der Waals surface area contributed by atoms with Crippen LogP contribution in [-0.4, -0.2) is 75.6 Å². The van der Waals surface area contributed by atoms with Crippen LogP contribution in [0.4, 0.5) is 0 Å². The average molecular weight is 503 g/mol. The molecule has 3 fully saturated rings. The van der Waals surface area contributed by atoms with Crippen molar-refractivity contribution in [2.45, 2.75) is 56.2 Å². The molecule has 8 nitrogen and oxygen atoms in total. The number of likely N-dealkylation sites (tertiary alicyclic amines) is 1. The molecule has 2 aromatic rings. The normalized spacial score (nSPS) is 29.2. The number of carbonyl (C=O) groups excluding carboxylic acids is 3. The van der Waals surface area contributed by atoms with Crippen LogP contribution in [0.15, 0.2) is 24.5 Å². The maximum Gasteiger partial charge on any atom is 0.263 e. The lowest BCUT2D eigenvalue weighted by atomic mass is 9.80. The van der Waals surface area contributed by atoms with E-state index in [1.807, 2.05) is 12.1 Å². The molecule has 2 saturated heterocycles. The van der Waals surface area contributed by atoms with Gasteiger partial charge < -0.3 is 10.1 Å². The van der Waals surface area contributed by atoms with Gasteiger partial charge in [-0.25, -0.2) is 4.98 Å². The number of hydrogen-bond acceptors (Lipinski definition) is 8. The number of pyridine rings is 1. The fraction of sp³-hybridized carbons (Fsp3) is 0.542. The predicted molar refractivity (Wildman–Crippen MR) is 128 cm³/mol. The fourth-order valence-corrected chi connectivity index (χ4v) is 6.80. The molecular weight excluding hydrogens is 476 g/mol. The molecule has 1 unspecified atom stereocenters. The van der Waals surface area contributed by atoms with Gasteiger partial charge >= 0.3 is 0 Å². The summed E-state index contributed by atoms with van der Waals surface area (Å²) in [6.45, 7) is 2.37. The van der Waals surface area contributed by atoms with Crippen LogP contribution in [0, 0.1) is 12.8 Å². The molecule has 1 aliphatic carbocycles. The molecule has 1 amide bonds. The van der Waals surface area contributed by atoms with E-state index in [4.69, 9.17) is 16.3 Å². The van der Waals surface area contributed by atoms with Gasteiger partial charge in [-0.2, -0.15) is 0 Å². The second-order valence-corrected chi connectivity index (χ2v) is 10.7. The number of fused-ring (bicyclic) bond motifs is 1. The van der Waals surface area contributed by atoms with E-state index in [1.165, 1.54) is 11.3 Å². The van der Waals surface area contributed by atoms with E-state index in [0.29, 0.717) is 17.1 Å². The minimum atomic E-state index is -0.360. The first-order valence-electron chi connectivity index (χ1n) is 11.7. The molecule has 34 heavy (non-hydrogen) atoms. The first-order valence-corrected chi connectivity index (χ1v) is 12.9. The Morgan fingerprint density at radius 1 is 1.32 bits per heavy atom. The van der Waals surface area contributed by atoms with E-state index in [2.05, 4.69) is 20.2 Å². The number of aryl methyl sites for hydroxylation is 1. The number of ether oxygens (including phenoxy) is 1. The van der Waals surface area contributed by atoms with E-state index in [1.54, 1.807) is 19.3 Å². The summed E-state index contributed by atoms with van der Waals surface area (Å²) in [6.07, 6.45) is 6.66. The summed E-state index contributed by atoms with van der Waals surface area (Å²) in [7, 11) is 0. The zero-order chi connectivity index (χ0) is 23.8. The number of halogens is 1. The van der Waals surface area contributed by atoms with E-state index in [0.717, 1.165) is 36.3 Å². The lowest BCUT2D eigenvalue weighted by Gasteiger charge is -2.39. The number of Topliss-reactive ketones (excluding diaryl/α,β-unsaturated/α-hetero) is 2. The van der Waals surface area contributed by atoms with Crippen molar-refractivity contribution in [3.05, 3.63) is 35.1 Å². The molecule has 2 aliphatic heterocycles. The van der Waals surface area contributed by atoms with Crippen molar-refractivity contribution in [3.63, 3.8) is 0 Å². The van der Waals surface area contributed by atoms with Crippen LogP contribution in [0.5, 0.6) is 0 Å². The molecule has 0 spiro atoms. The number of aromatic nitrogens is 2. The number of nitrogens with zero attached hydrogens (tertiary/aromatic N) is 3. The summed E-state index contributed by atoms with van der Waals surface area (Å²) < 4.78 is 5.62. The molecule has 0 radical (unpaired) electrons. The van der Waals surface area contributed by atoms with Gasteiger partial charge in [0.05, 0.1) is 29.8 Å². The Kier molecular flexibility index (Phi) is 6.79. The van der Waals surface area contributed by atoms with Crippen molar-refractivity contribution in [1.29, 1.82) is 0 Å². The van der Waals surface area contributed by atoms with Crippen molar-refractivity contribution in [2.75, 3.05) is 19.7 Å². The Morgan fingerprint density at radius 2 is 2.15 bits per heavy atom. The van der Waals surface area contributed by atoms with Crippen LogP contribution >= 0.6 is 22.9 Å². The van der Waals surface area contributed by atoms with Crippen molar-refractivity contribution < 1.29 is 19.1 Å². The first kappa shape index (κ1) is 23.5. The summed E-state index contributed by atoms with van der Waals surface area (Å²) >= 11 is 7.77. The summed E-state index contributed by atoms with van der Waals surface area (Å²) in [6, 6.07) is 3.31. The Hall–Kier alpha value is -2.20. The van der Waals surface area contributed by atoms with Gasteiger partial charge in [-0.1, -0.05) is 12.8 Å². The lowest BCUT2D eigenvalue weighted by Crippen LogP contribution is -2.52. The zero-order valence-electron chi connectivity index (χ0n) is 18.9. The monoisotopic (exact) mass is 502 g/mol. The topological polar surface area (TPSA) is 101 Å². The summed E-state index contributed by atoms with van der Waals surface area (Å²) in [5.41, 5.74) is 1.48. The SMILES string of the molecule is Cc1nc(-c2cccnc2)sc1C(=O)NCC(=O)[C@H]1CCCCC1N1C[C@H](Cl)[C@H]2OCC(=O)[C@H]21. The molecule has 4 heterocycles. The van der Waals surface area contributed by atoms with Crippen LogP contribution in [0.25, 0.3) is 10.6 Å². The highest BCUT2D eigenvalue weighted by Gasteiger charge is 2.53. The molecule has 0 bridgehead atoms. The molecule has 10 heteroatoms. The second kappa shape index (κ2) is 9.81. The third-order valence-electron chi connectivity index (χ3n) is 7.06. The third kappa shape index (κ3) is 4.42. The molecule has 1 N–H and O–H groups in total. The van der Waals surface area contributed by atoms with Crippen molar-refractivity contribution in [2.24, 2.45) is 5.92 Å².